The number of aliphatic hydroxyl groups is 1. The molecule has 2 aromatic rings. The molecule has 7 heteroatoms. The second-order valence-corrected chi connectivity index (χ2v) is 7.34. The van der Waals surface area contributed by atoms with E-state index in [1.54, 1.807) is 6.92 Å². The SMILES string of the molecule is CC(O)c1cn(C2CN(Cc3cn(C)nc3C3CCCC3)C2)nn1. The van der Waals surface area contributed by atoms with Crippen LogP contribution < -0.4 is 0 Å². The molecule has 7 nitrogen and oxygen atoms in total. The monoisotopic (exact) mass is 330 g/mol. The summed E-state index contributed by atoms with van der Waals surface area (Å²) in [5.41, 5.74) is 3.34. The van der Waals surface area contributed by atoms with Crippen molar-refractivity contribution in [2.75, 3.05) is 13.1 Å². The van der Waals surface area contributed by atoms with Crippen LogP contribution in [0.4, 0.5) is 0 Å². The van der Waals surface area contributed by atoms with Crippen LogP contribution in [0, 0.1) is 0 Å². The van der Waals surface area contributed by atoms with Crippen molar-refractivity contribution in [3.8, 4) is 0 Å². The van der Waals surface area contributed by atoms with Gasteiger partial charge in [0.15, 0.2) is 0 Å². The maximum absolute atomic E-state index is 9.56. The third-order valence-corrected chi connectivity index (χ3v) is 5.34. The van der Waals surface area contributed by atoms with E-state index in [0.717, 1.165) is 19.6 Å². The van der Waals surface area contributed by atoms with Crippen molar-refractivity contribution in [2.45, 2.75) is 57.2 Å². The Morgan fingerprint density at radius 3 is 2.67 bits per heavy atom. The molecule has 1 unspecified atom stereocenters. The molecule has 130 valence electrons. The van der Waals surface area contributed by atoms with Crippen molar-refractivity contribution < 1.29 is 5.11 Å². The van der Waals surface area contributed by atoms with E-state index in [2.05, 4.69) is 21.4 Å². The summed E-state index contributed by atoms with van der Waals surface area (Å²) in [7, 11) is 2.02. The van der Waals surface area contributed by atoms with Gasteiger partial charge in [-0.2, -0.15) is 5.10 Å². The van der Waals surface area contributed by atoms with E-state index >= 15 is 0 Å². The Kier molecular flexibility index (Phi) is 4.14. The molecule has 0 amide bonds. The third kappa shape index (κ3) is 2.98. The Balaban J connectivity index is 1.38. The zero-order valence-electron chi connectivity index (χ0n) is 14.5. The summed E-state index contributed by atoms with van der Waals surface area (Å²) in [5.74, 6) is 0.655. The van der Waals surface area contributed by atoms with E-state index in [9.17, 15) is 5.11 Å². The fourth-order valence-corrected chi connectivity index (χ4v) is 3.96. The lowest BCUT2D eigenvalue weighted by molar-refractivity contribution is 0.0891. The minimum absolute atomic E-state index is 0.358. The first-order chi connectivity index (χ1) is 11.6. The number of aromatic nitrogens is 5. The van der Waals surface area contributed by atoms with Gasteiger partial charge in [0, 0.05) is 44.4 Å². The van der Waals surface area contributed by atoms with Gasteiger partial charge in [-0.3, -0.25) is 9.58 Å². The van der Waals surface area contributed by atoms with Crippen molar-refractivity contribution in [1.29, 1.82) is 0 Å². The largest absolute Gasteiger partial charge is 0.387 e. The Morgan fingerprint density at radius 1 is 1.25 bits per heavy atom. The molecule has 4 rings (SSSR count). The Morgan fingerprint density at radius 2 is 2.00 bits per heavy atom. The Labute approximate surface area is 142 Å². The van der Waals surface area contributed by atoms with Gasteiger partial charge >= 0.3 is 0 Å². The molecular formula is C17H26N6O. The van der Waals surface area contributed by atoms with Gasteiger partial charge in [-0.25, -0.2) is 4.68 Å². The van der Waals surface area contributed by atoms with Gasteiger partial charge in [0.25, 0.3) is 0 Å². The predicted molar refractivity (Wildman–Crippen MR) is 89.4 cm³/mol. The standard InChI is InChI=1S/C17H26N6O/c1-12(24)16-11-23(20-18-16)15-9-22(10-15)8-14-7-21(2)19-17(14)13-5-3-4-6-13/h7,11-13,15,24H,3-6,8-10H2,1-2H3. The van der Waals surface area contributed by atoms with Gasteiger partial charge in [0.2, 0.25) is 0 Å². The number of hydrogen-bond donors (Lipinski definition) is 1. The molecule has 1 saturated carbocycles. The summed E-state index contributed by atoms with van der Waals surface area (Å²) in [5, 5.41) is 22.5. The van der Waals surface area contributed by atoms with Crippen LogP contribution in [0.25, 0.3) is 0 Å². The highest BCUT2D eigenvalue weighted by Crippen LogP contribution is 2.36. The first-order valence-corrected chi connectivity index (χ1v) is 8.94. The van der Waals surface area contributed by atoms with Crippen molar-refractivity contribution >= 4 is 0 Å². The van der Waals surface area contributed by atoms with Gasteiger partial charge in [-0.1, -0.05) is 18.1 Å². The molecule has 2 aliphatic rings. The summed E-state index contributed by atoms with van der Waals surface area (Å²) in [6, 6.07) is 0.358. The average molecular weight is 330 g/mol. The van der Waals surface area contributed by atoms with Crippen LogP contribution in [0.5, 0.6) is 0 Å². The van der Waals surface area contributed by atoms with E-state index in [4.69, 9.17) is 5.10 Å². The summed E-state index contributed by atoms with van der Waals surface area (Å²) in [6.45, 7) is 4.63. The van der Waals surface area contributed by atoms with E-state index in [0.29, 0.717) is 17.7 Å². The molecule has 0 aromatic carbocycles. The lowest BCUT2D eigenvalue weighted by Gasteiger charge is -2.38. The maximum atomic E-state index is 9.56. The highest BCUT2D eigenvalue weighted by atomic mass is 16.3. The van der Waals surface area contributed by atoms with Crippen LogP contribution in [0.2, 0.25) is 0 Å². The van der Waals surface area contributed by atoms with Crippen LogP contribution in [0.3, 0.4) is 0 Å². The zero-order chi connectivity index (χ0) is 16.7. The number of nitrogens with zero attached hydrogens (tertiary/aromatic N) is 6. The molecule has 1 aliphatic carbocycles. The van der Waals surface area contributed by atoms with Crippen LogP contribution >= 0.6 is 0 Å². The summed E-state index contributed by atoms with van der Waals surface area (Å²) < 4.78 is 3.85. The summed E-state index contributed by atoms with van der Waals surface area (Å²) in [4.78, 5) is 2.43. The number of hydrogen-bond acceptors (Lipinski definition) is 5. The highest BCUT2D eigenvalue weighted by Gasteiger charge is 2.31. The molecule has 2 aromatic heterocycles. The third-order valence-electron chi connectivity index (χ3n) is 5.34. The second kappa shape index (κ2) is 6.29. The molecule has 0 radical (unpaired) electrons. The van der Waals surface area contributed by atoms with Crippen molar-refractivity contribution in [3.05, 3.63) is 29.3 Å². The van der Waals surface area contributed by atoms with Crippen LogP contribution in [-0.2, 0) is 13.6 Å². The number of rotatable bonds is 5. The molecule has 3 heterocycles. The van der Waals surface area contributed by atoms with Gasteiger partial charge in [-0.15, -0.1) is 5.10 Å². The fraction of sp³-hybridized carbons (Fsp3) is 0.706. The topological polar surface area (TPSA) is 72.0 Å². The predicted octanol–water partition coefficient (Wildman–Crippen LogP) is 1.78. The Bertz CT molecular complexity index is 694. The lowest BCUT2D eigenvalue weighted by atomic mass is 9.99. The van der Waals surface area contributed by atoms with Gasteiger partial charge < -0.3 is 5.11 Å². The van der Waals surface area contributed by atoms with Gasteiger partial charge in [0.05, 0.1) is 24.0 Å². The van der Waals surface area contributed by atoms with Crippen LogP contribution in [0.1, 0.15) is 67.6 Å². The molecule has 1 saturated heterocycles. The minimum atomic E-state index is -0.556. The van der Waals surface area contributed by atoms with Crippen molar-refractivity contribution in [1.82, 2.24) is 29.7 Å². The van der Waals surface area contributed by atoms with Gasteiger partial charge in [-0.05, 0) is 19.8 Å². The zero-order valence-corrected chi connectivity index (χ0v) is 14.5. The highest BCUT2D eigenvalue weighted by molar-refractivity contribution is 5.22. The van der Waals surface area contributed by atoms with E-state index in [1.165, 1.54) is 36.9 Å². The quantitative estimate of drug-likeness (QED) is 0.905. The number of aryl methyl sites for hydroxylation is 1. The average Bonchev–Trinajstić information content (AvgIpc) is 3.22. The fourth-order valence-electron chi connectivity index (χ4n) is 3.96. The van der Waals surface area contributed by atoms with Crippen LogP contribution in [0.15, 0.2) is 12.4 Å². The molecule has 2 fully saturated rings. The molecule has 0 spiro atoms. The van der Waals surface area contributed by atoms with E-state index in [-0.39, 0.29) is 0 Å². The second-order valence-electron chi connectivity index (χ2n) is 7.34. The summed E-state index contributed by atoms with van der Waals surface area (Å²) in [6.07, 6.45) is 8.73. The first-order valence-electron chi connectivity index (χ1n) is 8.94. The van der Waals surface area contributed by atoms with E-state index < -0.39 is 6.10 Å². The van der Waals surface area contributed by atoms with Crippen molar-refractivity contribution in [2.24, 2.45) is 7.05 Å². The molecule has 1 N–H and O–H groups in total. The van der Waals surface area contributed by atoms with Crippen LogP contribution in [-0.4, -0.2) is 47.9 Å². The molecule has 0 bridgehead atoms. The minimum Gasteiger partial charge on any atom is -0.387 e. The molecule has 1 aliphatic heterocycles. The smallest absolute Gasteiger partial charge is 0.111 e. The van der Waals surface area contributed by atoms with Crippen molar-refractivity contribution in [3.63, 3.8) is 0 Å². The maximum Gasteiger partial charge on any atom is 0.111 e. The lowest BCUT2D eigenvalue weighted by Crippen LogP contribution is -2.47. The number of likely N-dealkylation sites (tertiary alicyclic amines) is 1. The van der Waals surface area contributed by atoms with Gasteiger partial charge in [0.1, 0.15) is 5.69 Å². The Hall–Kier alpha value is -1.73. The summed E-state index contributed by atoms with van der Waals surface area (Å²) >= 11 is 0. The molecular weight excluding hydrogens is 304 g/mol. The molecule has 24 heavy (non-hydrogen) atoms. The number of aliphatic hydroxyl groups excluding tert-OH is 1. The normalized spacial score (nSPS) is 21.3. The molecule has 1 atom stereocenters. The van der Waals surface area contributed by atoms with E-state index in [1.807, 2.05) is 22.6 Å². The first kappa shape index (κ1) is 15.8.